The number of aliphatic hydroxyl groups is 1. The van der Waals surface area contributed by atoms with Crippen LogP contribution in [-0.2, 0) is 6.54 Å². The van der Waals surface area contributed by atoms with E-state index < -0.39 is 0 Å². The van der Waals surface area contributed by atoms with Crippen LogP contribution in [0, 0.1) is 0 Å². The molecule has 6 nitrogen and oxygen atoms in total. The lowest BCUT2D eigenvalue weighted by atomic mass is 10.2. The number of carbonyl (C=O) groups is 1. The van der Waals surface area contributed by atoms with Gasteiger partial charge in [0.05, 0.1) is 11.7 Å². The molecule has 0 aliphatic heterocycles. The van der Waals surface area contributed by atoms with Gasteiger partial charge in [-0.25, -0.2) is 4.79 Å². The first-order valence-corrected chi connectivity index (χ1v) is 7.25. The van der Waals surface area contributed by atoms with Gasteiger partial charge in [-0.05, 0) is 30.5 Å². The summed E-state index contributed by atoms with van der Waals surface area (Å²) in [6.45, 7) is 1.27. The lowest BCUT2D eigenvalue weighted by Gasteiger charge is -2.18. The number of fused-ring (bicyclic) bond motifs is 1. The molecule has 1 aromatic carbocycles. The summed E-state index contributed by atoms with van der Waals surface area (Å²) in [6, 6.07) is 5.72. The van der Waals surface area contributed by atoms with Gasteiger partial charge in [0.25, 0.3) is 0 Å². The predicted octanol–water partition coefficient (Wildman–Crippen LogP) is 1.61. The molecule has 1 aromatic heterocycles. The molecule has 2 N–H and O–H groups in total. The van der Waals surface area contributed by atoms with Gasteiger partial charge in [0.2, 0.25) is 0 Å². The molecule has 2 aromatic rings. The Kier molecular flexibility index (Phi) is 5.25. The van der Waals surface area contributed by atoms with Crippen molar-refractivity contribution in [2.24, 2.45) is 0 Å². The van der Waals surface area contributed by atoms with Crippen molar-refractivity contribution in [3.05, 3.63) is 23.8 Å². The third kappa shape index (κ3) is 3.88. The minimum absolute atomic E-state index is 0.112. The topological polar surface area (TPSA) is 78.4 Å². The Labute approximate surface area is 121 Å². The quantitative estimate of drug-likeness (QED) is 0.793. The summed E-state index contributed by atoms with van der Waals surface area (Å²) in [4.78, 5) is 13.5. The number of nitrogens with zero attached hydrogens (tertiary/aromatic N) is 3. The van der Waals surface area contributed by atoms with Crippen molar-refractivity contribution < 1.29 is 9.90 Å². The number of nitrogens with one attached hydrogen (secondary N) is 1. The van der Waals surface area contributed by atoms with Crippen LogP contribution in [0.4, 0.5) is 4.79 Å². The number of hydrogen-bond donors (Lipinski definition) is 2. The summed E-state index contributed by atoms with van der Waals surface area (Å²) in [5.74, 6) is 0. The Balaban J connectivity index is 1.86. The van der Waals surface area contributed by atoms with Crippen molar-refractivity contribution in [3.8, 4) is 0 Å². The van der Waals surface area contributed by atoms with E-state index >= 15 is 0 Å². The van der Waals surface area contributed by atoms with Crippen LogP contribution in [-0.4, -0.2) is 45.0 Å². The van der Waals surface area contributed by atoms with Gasteiger partial charge < -0.3 is 15.3 Å². The molecule has 0 aliphatic rings. The molecular formula is C13H18N4O2S. The molecule has 2 amide bonds. The van der Waals surface area contributed by atoms with Crippen molar-refractivity contribution in [1.29, 1.82) is 0 Å². The summed E-state index contributed by atoms with van der Waals surface area (Å²) >= 11 is 1.19. The molecule has 0 unspecified atom stereocenters. The number of benzene rings is 1. The molecule has 0 bridgehead atoms. The Morgan fingerprint density at radius 1 is 1.35 bits per heavy atom. The first-order chi connectivity index (χ1) is 9.70. The zero-order valence-electron chi connectivity index (χ0n) is 11.4. The van der Waals surface area contributed by atoms with Gasteiger partial charge >= 0.3 is 6.03 Å². The maximum absolute atomic E-state index is 11.9. The minimum Gasteiger partial charge on any atom is -0.396 e. The third-order valence-corrected chi connectivity index (χ3v) is 3.50. The number of aromatic nitrogens is 2. The van der Waals surface area contributed by atoms with E-state index in [9.17, 15) is 4.79 Å². The number of urea groups is 1. The lowest BCUT2D eigenvalue weighted by Crippen LogP contribution is -2.37. The average Bonchev–Trinajstić information content (AvgIpc) is 2.90. The van der Waals surface area contributed by atoms with Gasteiger partial charge in [0, 0.05) is 26.7 Å². The lowest BCUT2D eigenvalue weighted by molar-refractivity contribution is 0.206. The van der Waals surface area contributed by atoms with Crippen LogP contribution in [0.2, 0.25) is 0 Å². The van der Waals surface area contributed by atoms with Crippen LogP contribution in [0.5, 0.6) is 0 Å². The average molecular weight is 294 g/mol. The first-order valence-electron chi connectivity index (χ1n) is 6.51. The summed E-state index contributed by atoms with van der Waals surface area (Å²) in [5.41, 5.74) is 2.78. The van der Waals surface area contributed by atoms with Crippen molar-refractivity contribution in [2.45, 2.75) is 19.4 Å². The maximum Gasteiger partial charge on any atom is 0.317 e. The number of hydrogen-bond acceptors (Lipinski definition) is 5. The van der Waals surface area contributed by atoms with Crippen LogP contribution in [0.15, 0.2) is 18.2 Å². The number of amides is 2. The van der Waals surface area contributed by atoms with Crippen molar-refractivity contribution in [2.75, 3.05) is 20.2 Å². The maximum atomic E-state index is 11.9. The van der Waals surface area contributed by atoms with Crippen molar-refractivity contribution in [1.82, 2.24) is 19.0 Å². The molecule has 0 saturated heterocycles. The molecule has 0 atom stereocenters. The van der Waals surface area contributed by atoms with Crippen LogP contribution in [0.1, 0.15) is 18.4 Å². The van der Waals surface area contributed by atoms with Crippen molar-refractivity contribution in [3.63, 3.8) is 0 Å². The molecule has 108 valence electrons. The van der Waals surface area contributed by atoms with E-state index in [1.54, 1.807) is 11.9 Å². The second-order valence-electron chi connectivity index (χ2n) is 4.61. The number of rotatable bonds is 6. The van der Waals surface area contributed by atoms with E-state index in [0.717, 1.165) is 23.0 Å². The van der Waals surface area contributed by atoms with E-state index in [-0.39, 0.29) is 12.6 Å². The van der Waals surface area contributed by atoms with Gasteiger partial charge in [-0.15, -0.1) is 0 Å². The minimum atomic E-state index is -0.112. The number of carbonyl (C=O) groups excluding carboxylic acids is 1. The fourth-order valence-corrected chi connectivity index (χ4v) is 2.36. The van der Waals surface area contributed by atoms with Crippen LogP contribution < -0.4 is 5.32 Å². The van der Waals surface area contributed by atoms with Gasteiger partial charge in [-0.2, -0.15) is 8.75 Å². The van der Waals surface area contributed by atoms with Crippen LogP contribution >= 0.6 is 11.7 Å². The van der Waals surface area contributed by atoms with E-state index in [1.165, 1.54) is 11.7 Å². The highest BCUT2D eigenvalue weighted by Gasteiger charge is 2.09. The van der Waals surface area contributed by atoms with Crippen molar-refractivity contribution >= 4 is 28.8 Å². The highest BCUT2D eigenvalue weighted by atomic mass is 32.1. The van der Waals surface area contributed by atoms with E-state index in [1.807, 2.05) is 18.2 Å². The number of aliphatic hydroxyl groups excluding tert-OH is 1. The fourth-order valence-electron chi connectivity index (χ4n) is 1.84. The predicted molar refractivity (Wildman–Crippen MR) is 78.6 cm³/mol. The number of unbranched alkanes of at least 4 members (excludes halogenated alkanes) is 1. The summed E-state index contributed by atoms with van der Waals surface area (Å²) in [7, 11) is 1.75. The summed E-state index contributed by atoms with van der Waals surface area (Å²) in [6.07, 6.45) is 1.49. The van der Waals surface area contributed by atoms with E-state index in [2.05, 4.69) is 14.1 Å². The molecule has 0 saturated carbocycles. The van der Waals surface area contributed by atoms with Gasteiger partial charge in [0.15, 0.2) is 0 Å². The monoisotopic (exact) mass is 294 g/mol. The molecule has 0 fully saturated rings. The molecule has 7 heteroatoms. The Bertz CT molecular complexity index is 572. The van der Waals surface area contributed by atoms with Crippen LogP contribution in [0.25, 0.3) is 11.0 Å². The van der Waals surface area contributed by atoms with Gasteiger partial charge in [0.1, 0.15) is 11.0 Å². The molecule has 0 radical (unpaired) electrons. The highest BCUT2D eigenvalue weighted by Crippen LogP contribution is 2.14. The molecule has 2 rings (SSSR count). The fraction of sp³-hybridized carbons (Fsp3) is 0.462. The Morgan fingerprint density at radius 2 is 2.15 bits per heavy atom. The molecule has 0 spiro atoms. The second kappa shape index (κ2) is 7.16. The Morgan fingerprint density at radius 3 is 2.95 bits per heavy atom. The molecular weight excluding hydrogens is 276 g/mol. The standard InChI is InChI=1S/C13H18N4O2S/c1-17(13(19)14-6-2-3-7-18)9-10-4-5-11-12(8-10)16-20-15-11/h4-5,8,18H,2-3,6-7,9H2,1H3,(H,14,19). The second-order valence-corrected chi connectivity index (χ2v) is 5.13. The smallest absolute Gasteiger partial charge is 0.317 e. The zero-order chi connectivity index (χ0) is 14.4. The molecule has 0 aliphatic carbocycles. The third-order valence-electron chi connectivity index (χ3n) is 2.95. The summed E-state index contributed by atoms with van der Waals surface area (Å²) < 4.78 is 8.34. The first kappa shape index (κ1) is 14.7. The van der Waals surface area contributed by atoms with E-state index in [0.29, 0.717) is 19.5 Å². The summed E-state index contributed by atoms with van der Waals surface area (Å²) in [5, 5.41) is 11.5. The normalized spacial score (nSPS) is 10.7. The Hall–Kier alpha value is -1.73. The van der Waals surface area contributed by atoms with Gasteiger partial charge in [-0.3, -0.25) is 0 Å². The van der Waals surface area contributed by atoms with E-state index in [4.69, 9.17) is 5.11 Å². The molecule has 20 heavy (non-hydrogen) atoms. The zero-order valence-corrected chi connectivity index (χ0v) is 12.2. The SMILES string of the molecule is CN(Cc1ccc2nsnc2c1)C(=O)NCCCCO. The largest absolute Gasteiger partial charge is 0.396 e. The van der Waals surface area contributed by atoms with Crippen LogP contribution in [0.3, 0.4) is 0 Å². The highest BCUT2D eigenvalue weighted by molar-refractivity contribution is 7.00. The molecule has 1 heterocycles. The van der Waals surface area contributed by atoms with Gasteiger partial charge in [-0.1, -0.05) is 6.07 Å².